The fourth-order valence-electron chi connectivity index (χ4n) is 1.64. The first-order chi connectivity index (χ1) is 9.88. The van der Waals surface area contributed by atoms with Crippen LogP contribution in [0.25, 0.3) is 0 Å². The Morgan fingerprint density at radius 3 is 2.50 bits per heavy atom. The average Bonchev–Trinajstić information content (AvgIpc) is 2.42. The number of guanidine groups is 1. The molecule has 0 radical (unpaired) electrons. The van der Waals surface area contributed by atoms with E-state index in [0.29, 0.717) is 25.2 Å². The van der Waals surface area contributed by atoms with Crippen LogP contribution in [0, 0.1) is 5.82 Å². The van der Waals surface area contributed by atoms with Gasteiger partial charge in [0.25, 0.3) is 0 Å². The van der Waals surface area contributed by atoms with Crippen LogP contribution >= 0.6 is 24.0 Å². The van der Waals surface area contributed by atoms with Gasteiger partial charge in [-0.1, -0.05) is 6.07 Å². The largest absolute Gasteiger partial charge is 0.416 e. The Balaban J connectivity index is 0.00000441. The van der Waals surface area contributed by atoms with Crippen molar-refractivity contribution in [1.82, 2.24) is 10.6 Å². The lowest BCUT2D eigenvalue weighted by Crippen LogP contribution is -2.38. The van der Waals surface area contributed by atoms with E-state index in [1.807, 2.05) is 0 Å². The first-order valence-electron chi connectivity index (χ1n) is 6.17. The van der Waals surface area contributed by atoms with Crippen molar-refractivity contribution >= 4 is 29.9 Å². The van der Waals surface area contributed by atoms with E-state index in [-0.39, 0.29) is 36.1 Å². The van der Waals surface area contributed by atoms with Crippen LogP contribution in [-0.2, 0) is 17.5 Å². The number of nitrogens with one attached hydrogen (secondary N) is 2. The third-order valence-electron chi connectivity index (χ3n) is 2.65. The molecule has 4 nitrogen and oxygen atoms in total. The van der Waals surface area contributed by atoms with Gasteiger partial charge in [-0.15, -0.1) is 24.0 Å². The maximum absolute atomic E-state index is 13.0. The minimum atomic E-state index is -4.61. The molecule has 0 saturated heterocycles. The van der Waals surface area contributed by atoms with Crippen LogP contribution in [0.15, 0.2) is 23.2 Å². The van der Waals surface area contributed by atoms with Crippen molar-refractivity contribution in [3.8, 4) is 0 Å². The molecular weight excluding hydrogens is 417 g/mol. The topological polar surface area (TPSA) is 45.7 Å². The van der Waals surface area contributed by atoms with E-state index in [4.69, 9.17) is 4.74 Å². The summed E-state index contributed by atoms with van der Waals surface area (Å²) in [6.07, 6.45) is -4.61. The van der Waals surface area contributed by atoms with E-state index in [2.05, 4.69) is 15.6 Å². The Morgan fingerprint density at radius 2 is 1.95 bits per heavy atom. The zero-order chi connectivity index (χ0) is 15.9. The number of ether oxygens (including phenoxy) is 1. The van der Waals surface area contributed by atoms with Crippen LogP contribution in [0.2, 0.25) is 0 Å². The molecule has 0 aromatic heterocycles. The van der Waals surface area contributed by atoms with Gasteiger partial charge in [-0.2, -0.15) is 13.2 Å². The summed E-state index contributed by atoms with van der Waals surface area (Å²) in [6, 6.07) is 2.58. The summed E-state index contributed by atoms with van der Waals surface area (Å²) in [5, 5.41) is 5.61. The van der Waals surface area contributed by atoms with Gasteiger partial charge in [0, 0.05) is 27.2 Å². The van der Waals surface area contributed by atoms with E-state index in [1.54, 1.807) is 0 Å². The van der Waals surface area contributed by atoms with Gasteiger partial charge in [-0.25, -0.2) is 4.39 Å². The monoisotopic (exact) mass is 435 g/mol. The SMILES string of the molecule is CN=C(NCCOC)NCc1ccc(F)cc1C(F)(F)F.I. The first-order valence-corrected chi connectivity index (χ1v) is 6.17. The predicted octanol–water partition coefficient (Wildman–Crippen LogP) is 2.77. The minimum Gasteiger partial charge on any atom is -0.383 e. The zero-order valence-electron chi connectivity index (χ0n) is 12.1. The molecule has 0 bridgehead atoms. The smallest absolute Gasteiger partial charge is 0.383 e. The molecule has 0 aliphatic heterocycles. The number of nitrogens with zero attached hydrogens (tertiary/aromatic N) is 1. The highest BCUT2D eigenvalue weighted by atomic mass is 127. The first kappa shape index (κ1) is 20.9. The van der Waals surface area contributed by atoms with Crippen molar-refractivity contribution in [2.75, 3.05) is 27.3 Å². The van der Waals surface area contributed by atoms with Crippen molar-refractivity contribution in [2.45, 2.75) is 12.7 Å². The molecule has 0 fully saturated rings. The van der Waals surface area contributed by atoms with Crippen molar-refractivity contribution in [2.24, 2.45) is 4.99 Å². The molecule has 9 heteroatoms. The second-order valence-corrected chi connectivity index (χ2v) is 4.14. The normalized spacial score (nSPS) is 11.8. The van der Waals surface area contributed by atoms with Gasteiger partial charge in [0.1, 0.15) is 5.82 Å². The van der Waals surface area contributed by atoms with Crippen LogP contribution in [0.3, 0.4) is 0 Å². The van der Waals surface area contributed by atoms with E-state index in [1.165, 1.54) is 14.2 Å². The Bertz CT molecular complexity index is 495. The number of rotatable bonds is 5. The van der Waals surface area contributed by atoms with Crippen LogP contribution < -0.4 is 10.6 Å². The standard InChI is InChI=1S/C13H17F4N3O.HI/c1-18-12(19-5-6-21-2)20-8-9-3-4-10(14)7-11(9)13(15,16)17;/h3-4,7H,5-6,8H2,1-2H3,(H2,18,19,20);1H. The fourth-order valence-corrected chi connectivity index (χ4v) is 1.64. The van der Waals surface area contributed by atoms with Gasteiger partial charge < -0.3 is 15.4 Å². The molecule has 0 saturated carbocycles. The molecule has 126 valence electrons. The molecule has 0 aliphatic rings. The molecule has 1 aromatic rings. The van der Waals surface area contributed by atoms with Gasteiger partial charge in [0.2, 0.25) is 0 Å². The van der Waals surface area contributed by atoms with Crippen molar-refractivity contribution in [3.05, 3.63) is 35.1 Å². The summed E-state index contributed by atoms with van der Waals surface area (Å²) in [5.41, 5.74) is -1.05. The summed E-state index contributed by atoms with van der Waals surface area (Å²) < 4.78 is 56.3. The van der Waals surface area contributed by atoms with Gasteiger partial charge in [-0.05, 0) is 17.7 Å². The molecule has 0 atom stereocenters. The highest BCUT2D eigenvalue weighted by Gasteiger charge is 2.33. The third kappa shape index (κ3) is 6.77. The van der Waals surface area contributed by atoms with E-state index in [0.717, 1.165) is 12.1 Å². The molecule has 0 heterocycles. The Kier molecular flexibility index (Phi) is 9.33. The molecule has 22 heavy (non-hydrogen) atoms. The average molecular weight is 435 g/mol. The molecule has 0 unspecified atom stereocenters. The molecule has 2 N–H and O–H groups in total. The lowest BCUT2D eigenvalue weighted by atomic mass is 10.1. The number of halogens is 5. The summed E-state index contributed by atoms with van der Waals surface area (Å²) >= 11 is 0. The van der Waals surface area contributed by atoms with Gasteiger partial charge in [0.15, 0.2) is 5.96 Å². The van der Waals surface area contributed by atoms with E-state index in [9.17, 15) is 17.6 Å². The summed E-state index contributed by atoms with van der Waals surface area (Å²) in [5.74, 6) is -0.585. The highest BCUT2D eigenvalue weighted by molar-refractivity contribution is 14.0. The molecule has 0 amide bonds. The van der Waals surface area contributed by atoms with Crippen molar-refractivity contribution in [3.63, 3.8) is 0 Å². The molecule has 0 spiro atoms. The van der Waals surface area contributed by atoms with E-state index < -0.39 is 17.6 Å². The molecular formula is C13H18F4IN3O. The summed E-state index contributed by atoms with van der Waals surface area (Å²) in [4.78, 5) is 3.87. The molecule has 1 rings (SSSR count). The summed E-state index contributed by atoms with van der Waals surface area (Å²) in [6.45, 7) is 0.776. The number of hydrogen-bond donors (Lipinski definition) is 2. The zero-order valence-corrected chi connectivity index (χ0v) is 14.5. The minimum absolute atomic E-state index is 0. The van der Waals surface area contributed by atoms with Crippen molar-refractivity contribution in [1.29, 1.82) is 0 Å². The van der Waals surface area contributed by atoms with Crippen LogP contribution in [0.5, 0.6) is 0 Å². The second kappa shape index (κ2) is 9.82. The summed E-state index contributed by atoms with van der Waals surface area (Å²) in [7, 11) is 3.03. The number of hydrogen-bond acceptors (Lipinski definition) is 2. The highest BCUT2D eigenvalue weighted by Crippen LogP contribution is 2.32. The molecule has 1 aromatic carbocycles. The maximum Gasteiger partial charge on any atom is 0.416 e. The lowest BCUT2D eigenvalue weighted by Gasteiger charge is -2.15. The number of aliphatic imine (C=N–C) groups is 1. The maximum atomic E-state index is 13.0. The number of methoxy groups -OCH3 is 1. The van der Waals surface area contributed by atoms with Crippen LogP contribution in [0.4, 0.5) is 17.6 Å². The van der Waals surface area contributed by atoms with Gasteiger partial charge >= 0.3 is 6.18 Å². The van der Waals surface area contributed by atoms with Crippen LogP contribution in [0.1, 0.15) is 11.1 Å². The Hall–Kier alpha value is -1.10. The molecule has 0 aliphatic carbocycles. The van der Waals surface area contributed by atoms with Gasteiger partial charge in [-0.3, -0.25) is 4.99 Å². The van der Waals surface area contributed by atoms with Crippen molar-refractivity contribution < 1.29 is 22.3 Å². The quantitative estimate of drug-likeness (QED) is 0.246. The fraction of sp³-hybridized carbons (Fsp3) is 0.462. The predicted molar refractivity (Wildman–Crippen MR) is 86.9 cm³/mol. The number of benzene rings is 1. The number of alkyl halides is 3. The Morgan fingerprint density at radius 1 is 1.27 bits per heavy atom. The Labute approximate surface area is 143 Å². The second-order valence-electron chi connectivity index (χ2n) is 4.14. The lowest BCUT2D eigenvalue weighted by molar-refractivity contribution is -0.138. The van der Waals surface area contributed by atoms with Crippen LogP contribution in [-0.4, -0.2) is 33.3 Å². The third-order valence-corrected chi connectivity index (χ3v) is 2.65. The van der Waals surface area contributed by atoms with E-state index >= 15 is 0 Å². The van der Waals surface area contributed by atoms with Gasteiger partial charge in [0.05, 0.1) is 12.2 Å².